The van der Waals surface area contributed by atoms with Crippen LogP contribution in [0.25, 0.3) is 0 Å². The highest BCUT2D eigenvalue weighted by Gasteiger charge is 2.15. The Morgan fingerprint density at radius 3 is 2.28 bits per heavy atom. The van der Waals surface area contributed by atoms with Crippen LogP contribution in [-0.2, 0) is 16.2 Å². The quantitative estimate of drug-likeness (QED) is 0.855. The van der Waals surface area contributed by atoms with Gasteiger partial charge in [0, 0.05) is 11.4 Å². The highest BCUT2D eigenvalue weighted by atomic mass is 32.2. The number of likely N-dealkylation sites (N-methyl/N-ethyl adjacent to an activating group) is 1. The normalized spacial score (nSPS) is 15.4. The SMILES string of the molecule is CNCC(O)CS(=O)c1ccc(C(C)(C)C)cc1. The lowest BCUT2D eigenvalue weighted by Gasteiger charge is -2.19. The van der Waals surface area contributed by atoms with Crippen molar-refractivity contribution in [1.82, 2.24) is 5.32 Å². The molecule has 3 nitrogen and oxygen atoms in total. The van der Waals surface area contributed by atoms with Gasteiger partial charge < -0.3 is 10.4 Å². The van der Waals surface area contributed by atoms with Crippen molar-refractivity contribution >= 4 is 10.8 Å². The second-order valence-corrected chi connectivity index (χ2v) is 6.99. The van der Waals surface area contributed by atoms with Gasteiger partial charge in [-0.3, -0.25) is 4.21 Å². The van der Waals surface area contributed by atoms with Crippen molar-refractivity contribution in [3.8, 4) is 0 Å². The average Bonchev–Trinajstić information content (AvgIpc) is 2.28. The first-order chi connectivity index (χ1) is 8.34. The molecular formula is C14H23NO2S. The topological polar surface area (TPSA) is 49.3 Å². The summed E-state index contributed by atoms with van der Waals surface area (Å²) >= 11 is 0. The third-order valence-corrected chi connectivity index (χ3v) is 4.25. The summed E-state index contributed by atoms with van der Waals surface area (Å²) in [5.74, 6) is 0.274. The number of hydrogen-bond donors (Lipinski definition) is 2. The molecule has 1 rings (SSSR count). The molecule has 0 saturated heterocycles. The zero-order chi connectivity index (χ0) is 13.8. The Morgan fingerprint density at radius 2 is 1.83 bits per heavy atom. The highest BCUT2D eigenvalue weighted by molar-refractivity contribution is 7.85. The molecular weight excluding hydrogens is 246 g/mol. The first-order valence-corrected chi connectivity index (χ1v) is 7.48. The van der Waals surface area contributed by atoms with Crippen molar-refractivity contribution in [1.29, 1.82) is 0 Å². The van der Waals surface area contributed by atoms with Gasteiger partial charge in [0.15, 0.2) is 0 Å². The molecule has 1 aromatic carbocycles. The van der Waals surface area contributed by atoms with E-state index < -0.39 is 16.9 Å². The van der Waals surface area contributed by atoms with Crippen LogP contribution in [0.1, 0.15) is 26.3 Å². The maximum absolute atomic E-state index is 12.0. The van der Waals surface area contributed by atoms with Crippen molar-refractivity contribution in [2.45, 2.75) is 37.2 Å². The smallest absolute Gasteiger partial charge is 0.0783 e. The largest absolute Gasteiger partial charge is 0.391 e. The molecule has 18 heavy (non-hydrogen) atoms. The van der Waals surface area contributed by atoms with E-state index >= 15 is 0 Å². The summed E-state index contributed by atoms with van der Waals surface area (Å²) in [6, 6.07) is 7.81. The van der Waals surface area contributed by atoms with Crippen LogP contribution < -0.4 is 5.32 Å². The van der Waals surface area contributed by atoms with Gasteiger partial charge in [-0.15, -0.1) is 0 Å². The van der Waals surface area contributed by atoms with E-state index in [1.807, 2.05) is 24.3 Å². The fourth-order valence-corrected chi connectivity index (χ4v) is 2.77. The van der Waals surface area contributed by atoms with Crippen molar-refractivity contribution in [3.63, 3.8) is 0 Å². The number of aliphatic hydroxyl groups is 1. The zero-order valence-electron chi connectivity index (χ0n) is 11.6. The molecule has 0 radical (unpaired) electrons. The minimum atomic E-state index is -1.14. The molecule has 0 aliphatic heterocycles. The molecule has 0 aliphatic carbocycles. The molecule has 0 amide bonds. The van der Waals surface area contributed by atoms with E-state index in [1.165, 1.54) is 5.56 Å². The van der Waals surface area contributed by atoms with Crippen LogP contribution in [0.4, 0.5) is 0 Å². The van der Waals surface area contributed by atoms with E-state index in [-0.39, 0.29) is 11.2 Å². The molecule has 2 atom stereocenters. The Balaban J connectivity index is 2.71. The number of rotatable bonds is 5. The summed E-state index contributed by atoms with van der Waals surface area (Å²) < 4.78 is 12.0. The number of hydrogen-bond acceptors (Lipinski definition) is 3. The van der Waals surface area contributed by atoms with Crippen molar-refractivity contribution in [3.05, 3.63) is 29.8 Å². The first-order valence-electron chi connectivity index (χ1n) is 6.16. The van der Waals surface area contributed by atoms with Crippen LogP contribution in [0.5, 0.6) is 0 Å². The van der Waals surface area contributed by atoms with Crippen LogP contribution in [0.15, 0.2) is 29.2 Å². The van der Waals surface area contributed by atoms with Crippen molar-refractivity contribution in [2.24, 2.45) is 0 Å². The Labute approximate surface area is 112 Å². The summed E-state index contributed by atoms with van der Waals surface area (Å²) in [5.41, 5.74) is 1.32. The van der Waals surface area contributed by atoms with Gasteiger partial charge in [0.05, 0.1) is 22.7 Å². The van der Waals surface area contributed by atoms with Crippen molar-refractivity contribution < 1.29 is 9.32 Å². The van der Waals surface area contributed by atoms with Gasteiger partial charge in [0.2, 0.25) is 0 Å². The molecule has 102 valence electrons. The van der Waals surface area contributed by atoms with E-state index in [1.54, 1.807) is 7.05 Å². The summed E-state index contributed by atoms with van der Waals surface area (Å²) in [7, 11) is 0.628. The minimum absolute atomic E-state index is 0.103. The second kappa shape index (κ2) is 6.45. The number of nitrogens with one attached hydrogen (secondary N) is 1. The third kappa shape index (κ3) is 4.52. The van der Waals surface area contributed by atoms with Crippen LogP contribution in [-0.4, -0.2) is 34.8 Å². The van der Waals surface area contributed by atoms with Crippen LogP contribution >= 0.6 is 0 Å². The zero-order valence-corrected chi connectivity index (χ0v) is 12.4. The molecule has 0 heterocycles. The summed E-state index contributed by atoms with van der Waals surface area (Å²) in [5, 5.41) is 12.5. The predicted molar refractivity (Wildman–Crippen MR) is 76.4 cm³/mol. The van der Waals surface area contributed by atoms with Gasteiger partial charge in [0.1, 0.15) is 0 Å². The average molecular weight is 269 g/mol. The maximum atomic E-state index is 12.0. The third-order valence-electron chi connectivity index (χ3n) is 2.77. The number of aliphatic hydroxyl groups excluding tert-OH is 1. The lowest BCUT2D eigenvalue weighted by molar-refractivity contribution is 0.198. The van der Waals surface area contributed by atoms with Crippen LogP contribution in [0.2, 0.25) is 0 Å². The Bertz CT molecular complexity index is 395. The molecule has 4 heteroatoms. The minimum Gasteiger partial charge on any atom is -0.391 e. The van der Waals surface area contributed by atoms with Gasteiger partial charge in [0.25, 0.3) is 0 Å². The van der Waals surface area contributed by atoms with Gasteiger partial charge >= 0.3 is 0 Å². The molecule has 0 spiro atoms. The molecule has 0 fully saturated rings. The molecule has 2 N–H and O–H groups in total. The summed E-state index contributed by atoms with van der Waals surface area (Å²) in [6.07, 6.45) is -0.571. The van der Waals surface area contributed by atoms with E-state index in [0.717, 1.165) is 4.90 Å². The highest BCUT2D eigenvalue weighted by Crippen LogP contribution is 2.23. The molecule has 0 bridgehead atoms. The lowest BCUT2D eigenvalue weighted by Crippen LogP contribution is -2.28. The Morgan fingerprint density at radius 1 is 1.28 bits per heavy atom. The van der Waals surface area contributed by atoms with Gasteiger partial charge in [-0.1, -0.05) is 32.9 Å². The van der Waals surface area contributed by atoms with Crippen molar-refractivity contribution in [2.75, 3.05) is 19.3 Å². The van der Waals surface area contributed by atoms with Crippen LogP contribution in [0.3, 0.4) is 0 Å². The van der Waals surface area contributed by atoms with E-state index in [0.29, 0.717) is 6.54 Å². The summed E-state index contributed by atoms with van der Waals surface area (Å²) in [4.78, 5) is 0.776. The van der Waals surface area contributed by atoms with E-state index in [4.69, 9.17) is 0 Å². The fourth-order valence-electron chi connectivity index (χ4n) is 1.67. The molecule has 1 aromatic rings. The van der Waals surface area contributed by atoms with Gasteiger partial charge in [-0.2, -0.15) is 0 Å². The predicted octanol–water partition coefficient (Wildman–Crippen LogP) is 1.67. The lowest BCUT2D eigenvalue weighted by atomic mass is 9.87. The second-order valence-electron chi connectivity index (χ2n) is 5.50. The van der Waals surface area contributed by atoms with Gasteiger partial charge in [-0.05, 0) is 30.2 Å². The molecule has 0 aliphatic rings. The van der Waals surface area contributed by atoms with E-state index in [2.05, 4.69) is 26.1 Å². The monoisotopic (exact) mass is 269 g/mol. The standard InChI is InChI=1S/C14H23NO2S/c1-14(2,3)11-5-7-13(8-6-11)18(17)10-12(16)9-15-4/h5-8,12,15-16H,9-10H2,1-4H3. The fraction of sp³-hybridized carbons (Fsp3) is 0.571. The Hall–Kier alpha value is -0.710. The molecule has 0 saturated carbocycles. The summed E-state index contributed by atoms with van der Waals surface area (Å²) in [6.45, 7) is 6.91. The maximum Gasteiger partial charge on any atom is 0.0783 e. The first kappa shape index (κ1) is 15.3. The molecule has 0 aromatic heterocycles. The molecule has 2 unspecified atom stereocenters. The van der Waals surface area contributed by atoms with E-state index in [9.17, 15) is 9.32 Å². The van der Waals surface area contributed by atoms with Gasteiger partial charge in [-0.25, -0.2) is 0 Å². The Kier molecular flexibility index (Phi) is 5.50. The number of benzene rings is 1. The van der Waals surface area contributed by atoms with Crippen LogP contribution in [0, 0.1) is 0 Å².